The van der Waals surface area contributed by atoms with Gasteiger partial charge in [0.25, 0.3) is 11.5 Å². The van der Waals surface area contributed by atoms with E-state index in [0.29, 0.717) is 18.1 Å². The monoisotopic (exact) mass is 390 g/mol. The van der Waals surface area contributed by atoms with Crippen LogP contribution in [0.25, 0.3) is 0 Å². The summed E-state index contributed by atoms with van der Waals surface area (Å²) in [6, 6.07) is 10.5. The Bertz CT molecular complexity index is 818. The Morgan fingerprint density at radius 1 is 1.19 bits per heavy atom. The van der Waals surface area contributed by atoms with Gasteiger partial charge >= 0.3 is 0 Å². The lowest BCUT2D eigenvalue weighted by Crippen LogP contribution is -2.39. The van der Waals surface area contributed by atoms with E-state index < -0.39 is 0 Å². The third kappa shape index (κ3) is 5.40. The van der Waals surface area contributed by atoms with Crippen molar-refractivity contribution in [3.05, 3.63) is 63.0 Å². The van der Waals surface area contributed by atoms with Crippen molar-refractivity contribution in [1.29, 1.82) is 0 Å². The van der Waals surface area contributed by atoms with E-state index >= 15 is 0 Å². The molecule has 0 aliphatic rings. The number of nitrogens with zero attached hydrogens (tertiary/aromatic N) is 3. The Kier molecular flexibility index (Phi) is 8.00. The number of benzene rings is 1. The number of carbonyl (C=O) groups is 1. The van der Waals surface area contributed by atoms with Crippen LogP contribution in [0.5, 0.6) is 0 Å². The number of aromatic nitrogens is 2. The van der Waals surface area contributed by atoms with Gasteiger partial charge in [-0.25, -0.2) is 4.68 Å². The van der Waals surface area contributed by atoms with E-state index in [-0.39, 0.29) is 23.2 Å². The van der Waals surface area contributed by atoms with Crippen molar-refractivity contribution in [3.8, 4) is 0 Å². The maximum atomic E-state index is 12.6. The molecule has 1 aromatic carbocycles. The second-order valence-corrected chi connectivity index (χ2v) is 6.66. The fourth-order valence-electron chi connectivity index (χ4n) is 3.07. The lowest BCUT2D eigenvalue weighted by atomic mass is 10.0. The molecule has 6 nitrogen and oxygen atoms in total. The number of nitrogens with one attached hydrogen (secondary N) is 1. The predicted molar refractivity (Wildman–Crippen MR) is 108 cm³/mol. The highest BCUT2D eigenvalue weighted by Gasteiger charge is 2.21. The summed E-state index contributed by atoms with van der Waals surface area (Å²) < 4.78 is 1.32. The summed E-state index contributed by atoms with van der Waals surface area (Å²) in [6.07, 6.45) is 0.772. The summed E-state index contributed by atoms with van der Waals surface area (Å²) in [5.41, 5.74) is 1.01. The van der Waals surface area contributed by atoms with Crippen molar-refractivity contribution in [2.24, 2.45) is 0 Å². The van der Waals surface area contributed by atoms with Crippen molar-refractivity contribution >= 4 is 17.5 Å². The number of hydrogen-bond acceptors (Lipinski definition) is 4. The summed E-state index contributed by atoms with van der Waals surface area (Å²) in [4.78, 5) is 26.6. The number of likely N-dealkylation sites (N-methyl/N-ethyl adjacent to an activating group) is 1. The van der Waals surface area contributed by atoms with E-state index in [1.165, 1.54) is 16.8 Å². The number of carbonyl (C=O) groups excluding carboxylic acids is 1. The van der Waals surface area contributed by atoms with Gasteiger partial charge in [0.05, 0.1) is 6.04 Å². The van der Waals surface area contributed by atoms with Crippen LogP contribution >= 0.6 is 11.6 Å². The van der Waals surface area contributed by atoms with Crippen molar-refractivity contribution in [3.63, 3.8) is 0 Å². The van der Waals surface area contributed by atoms with Gasteiger partial charge in [-0.3, -0.25) is 14.5 Å². The minimum Gasteiger partial charge on any atom is -0.349 e. The number of aryl methyl sites for hydroxylation is 1. The van der Waals surface area contributed by atoms with E-state index in [9.17, 15) is 9.59 Å². The third-order valence-electron chi connectivity index (χ3n) is 4.51. The van der Waals surface area contributed by atoms with Crippen LogP contribution in [0.1, 0.15) is 49.3 Å². The van der Waals surface area contributed by atoms with Gasteiger partial charge in [0.15, 0.2) is 0 Å². The van der Waals surface area contributed by atoms with E-state index in [2.05, 4.69) is 29.2 Å². The number of halogens is 1. The van der Waals surface area contributed by atoms with Crippen LogP contribution in [-0.2, 0) is 6.54 Å². The first kappa shape index (κ1) is 21.1. The maximum Gasteiger partial charge on any atom is 0.271 e. The van der Waals surface area contributed by atoms with Gasteiger partial charge in [0, 0.05) is 24.2 Å². The molecule has 1 heterocycles. The standard InChI is InChI=1S/C20H27ClN4O2/c1-4-13-25-19(26)12-11-17(23-25)20(27)22-14-18(24(5-2)6-3)15-9-7-8-10-16(15)21/h7-12,18H,4-6,13-14H2,1-3H3,(H,22,27). The molecule has 1 aromatic heterocycles. The molecule has 0 aliphatic heterocycles. The summed E-state index contributed by atoms with van der Waals surface area (Å²) in [6.45, 7) is 8.68. The minimum absolute atomic E-state index is 0.0424. The number of amides is 1. The predicted octanol–water partition coefficient (Wildman–Crippen LogP) is 3.12. The van der Waals surface area contributed by atoms with Crippen molar-refractivity contribution in [2.45, 2.75) is 39.8 Å². The molecule has 1 N–H and O–H groups in total. The van der Waals surface area contributed by atoms with Crippen LogP contribution in [0.2, 0.25) is 5.02 Å². The number of hydrogen-bond donors (Lipinski definition) is 1. The zero-order valence-electron chi connectivity index (χ0n) is 16.1. The van der Waals surface area contributed by atoms with Crippen LogP contribution in [0.4, 0.5) is 0 Å². The molecule has 0 radical (unpaired) electrons. The Morgan fingerprint density at radius 3 is 2.52 bits per heavy atom. The molecule has 0 aliphatic carbocycles. The molecule has 1 amide bonds. The van der Waals surface area contributed by atoms with Gasteiger partial charge in [-0.2, -0.15) is 5.10 Å². The SMILES string of the molecule is CCCn1nc(C(=O)NCC(c2ccccc2Cl)N(CC)CC)ccc1=O. The van der Waals surface area contributed by atoms with Gasteiger partial charge in [-0.05, 0) is 37.2 Å². The van der Waals surface area contributed by atoms with E-state index in [1.807, 2.05) is 31.2 Å². The van der Waals surface area contributed by atoms with Gasteiger partial charge < -0.3 is 5.32 Å². The third-order valence-corrected chi connectivity index (χ3v) is 4.85. The maximum absolute atomic E-state index is 12.6. The molecular weight excluding hydrogens is 364 g/mol. The van der Waals surface area contributed by atoms with Crippen LogP contribution in [-0.4, -0.2) is 40.2 Å². The molecule has 146 valence electrons. The normalized spacial score (nSPS) is 12.2. The molecule has 27 heavy (non-hydrogen) atoms. The molecule has 0 saturated heterocycles. The molecule has 7 heteroatoms. The molecule has 1 unspecified atom stereocenters. The molecule has 0 bridgehead atoms. The summed E-state index contributed by atoms with van der Waals surface area (Å²) in [5.74, 6) is -0.302. The summed E-state index contributed by atoms with van der Waals surface area (Å²) >= 11 is 6.39. The van der Waals surface area contributed by atoms with Crippen molar-refractivity contribution < 1.29 is 4.79 Å². The number of rotatable bonds is 9. The van der Waals surface area contributed by atoms with Crippen LogP contribution in [0.3, 0.4) is 0 Å². The second-order valence-electron chi connectivity index (χ2n) is 6.25. The average Bonchev–Trinajstić information content (AvgIpc) is 2.67. The van der Waals surface area contributed by atoms with E-state index in [4.69, 9.17) is 11.6 Å². The van der Waals surface area contributed by atoms with Crippen molar-refractivity contribution in [1.82, 2.24) is 20.0 Å². The molecular formula is C20H27ClN4O2. The zero-order chi connectivity index (χ0) is 19.8. The molecule has 2 aromatic rings. The first-order chi connectivity index (χ1) is 13.0. The second kappa shape index (κ2) is 10.2. The highest BCUT2D eigenvalue weighted by molar-refractivity contribution is 6.31. The van der Waals surface area contributed by atoms with E-state index in [1.54, 1.807) is 0 Å². The molecule has 0 spiro atoms. The smallest absolute Gasteiger partial charge is 0.271 e. The minimum atomic E-state index is -0.302. The van der Waals surface area contributed by atoms with Gasteiger partial charge in [0.1, 0.15) is 5.69 Å². The average molecular weight is 391 g/mol. The van der Waals surface area contributed by atoms with Gasteiger partial charge in [-0.15, -0.1) is 0 Å². The largest absolute Gasteiger partial charge is 0.349 e. The fraction of sp³-hybridized carbons (Fsp3) is 0.450. The van der Waals surface area contributed by atoms with Crippen molar-refractivity contribution in [2.75, 3.05) is 19.6 Å². The van der Waals surface area contributed by atoms with Gasteiger partial charge in [0.2, 0.25) is 0 Å². The Labute approximate surface area is 165 Å². The van der Waals surface area contributed by atoms with Gasteiger partial charge in [-0.1, -0.05) is 50.6 Å². The molecule has 0 saturated carbocycles. The summed E-state index contributed by atoms with van der Waals surface area (Å²) in [5, 5.41) is 7.79. The fourth-order valence-corrected chi connectivity index (χ4v) is 3.33. The molecule has 2 rings (SSSR count). The van der Waals surface area contributed by atoms with Crippen LogP contribution < -0.4 is 10.9 Å². The molecule has 0 fully saturated rings. The first-order valence-electron chi connectivity index (χ1n) is 9.36. The zero-order valence-corrected chi connectivity index (χ0v) is 16.9. The van der Waals surface area contributed by atoms with E-state index in [0.717, 1.165) is 25.1 Å². The van der Waals surface area contributed by atoms with Crippen LogP contribution in [0.15, 0.2) is 41.2 Å². The quantitative estimate of drug-likeness (QED) is 0.714. The highest BCUT2D eigenvalue weighted by Crippen LogP contribution is 2.27. The Hall–Kier alpha value is -2.18. The lowest BCUT2D eigenvalue weighted by Gasteiger charge is -2.30. The lowest BCUT2D eigenvalue weighted by molar-refractivity contribution is 0.0927. The van der Waals surface area contributed by atoms with Crippen LogP contribution in [0, 0.1) is 0 Å². The first-order valence-corrected chi connectivity index (χ1v) is 9.74. The molecule has 1 atom stereocenters. The highest BCUT2D eigenvalue weighted by atomic mass is 35.5. The topological polar surface area (TPSA) is 67.2 Å². The summed E-state index contributed by atoms with van der Waals surface area (Å²) in [7, 11) is 0. The Balaban J connectivity index is 2.19. The Morgan fingerprint density at radius 2 is 1.89 bits per heavy atom.